The van der Waals surface area contributed by atoms with E-state index < -0.39 is 0 Å². The number of rotatable bonds is 3. The topological polar surface area (TPSA) is 76.1 Å². The number of hydrogen-bond donors (Lipinski definition) is 0. The third-order valence-electron chi connectivity index (χ3n) is 6.28. The number of nitrogens with zero attached hydrogens (tertiary/aromatic N) is 5. The zero-order chi connectivity index (χ0) is 20.9. The zero-order valence-corrected chi connectivity index (χ0v) is 17.3. The van der Waals surface area contributed by atoms with Crippen molar-refractivity contribution in [3.63, 3.8) is 0 Å². The van der Waals surface area contributed by atoms with Crippen LogP contribution in [-0.2, 0) is 4.74 Å². The number of aryl methyl sites for hydroxylation is 1. The van der Waals surface area contributed by atoms with E-state index in [0.29, 0.717) is 28.5 Å². The highest BCUT2D eigenvalue weighted by Crippen LogP contribution is 2.26. The van der Waals surface area contributed by atoms with Crippen molar-refractivity contribution >= 4 is 22.3 Å². The van der Waals surface area contributed by atoms with Gasteiger partial charge in [-0.2, -0.15) is 0 Å². The second-order valence-corrected chi connectivity index (χ2v) is 8.30. The van der Waals surface area contributed by atoms with Crippen molar-refractivity contribution in [2.75, 3.05) is 44.3 Å². The Labute approximate surface area is 178 Å². The number of imidazole rings is 1. The van der Waals surface area contributed by atoms with E-state index in [9.17, 15) is 4.79 Å². The second-order valence-electron chi connectivity index (χ2n) is 8.30. The highest BCUT2D eigenvalue weighted by Gasteiger charge is 2.29. The molecule has 0 aliphatic carbocycles. The first-order valence-corrected chi connectivity index (χ1v) is 10.6. The lowest BCUT2D eigenvalue weighted by Gasteiger charge is -2.43. The van der Waals surface area contributed by atoms with Crippen molar-refractivity contribution in [3.8, 4) is 11.3 Å². The molecular formula is C23H23N5O3. The van der Waals surface area contributed by atoms with Gasteiger partial charge in [-0.3, -0.25) is 9.88 Å². The van der Waals surface area contributed by atoms with Gasteiger partial charge in [0, 0.05) is 55.7 Å². The third-order valence-corrected chi connectivity index (χ3v) is 6.28. The van der Waals surface area contributed by atoms with Crippen molar-refractivity contribution in [2.24, 2.45) is 0 Å². The first-order valence-electron chi connectivity index (χ1n) is 10.6. The summed E-state index contributed by atoms with van der Waals surface area (Å²) in [5.74, 6) is 0. The highest BCUT2D eigenvalue weighted by atomic mass is 16.5. The van der Waals surface area contributed by atoms with Crippen LogP contribution in [0.1, 0.15) is 5.69 Å². The molecule has 0 N–H and O–H groups in total. The van der Waals surface area contributed by atoms with E-state index in [1.165, 1.54) is 0 Å². The summed E-state index contributed by atoms with van der Waals surface area (Å²) >= 11 is 0. The minimum atomic E-state index is -0.382. The van der Waals surface area contributed by atoms with Gasteiger partial charge in [0.05, 0.1) is 42.4 Å². The van der Waals surface area contributed by atoms with E-state index in [1.807, 2.05) is 41.9 Å². The summed E-state index contributed by atoms with van der Waals surface area (Å²) in [4.78, 5) is 26.4. The molecule has 31 heavy (non-hydrogen) atoms. The van der Waals surface area contributed by atoms with E-state index in [1.54, 1.807) is 6.20 Å². The summed E-state index contributed by atoms with van der Waals surface area (Å²) in [7, 11) is 0. The largest absolute Gasteiger partial charge is 0.422 e. The van der Waals surface area contributed by atoms with Crippen LogP contribution >= 0.6 is 0 Å². The summed E-state index contributed by atoms with van der Waals surface area (Å²) in [5.41, 5.74) is 3.93. The van der Waals surface area contributed by atoms with Crippen LogP contribution in [-0.4, -0.2) is 64.7 Å². The third kappa shape index (κ3) is 3.28. The van der Waals surface area contributed by atoms with Gasteiger partial charge in [-0.15, -0.1) is 0 Å². The van der Waals surface area contributed by atoms with Crippen molar-refractivity contribution in [1.29, 1.82) is 0 Å². The molecular weight excluding hydrogens is 394 g/mol. The molecule has 8 heteroatoms. The Kier molecular flexibility index (Phi) is 4.29. The molecule has 158 valence electrons. The number of ether oxygens (including phenoxy) is 1. The van der Waals surface area contributed by atoms with Crippen LogP contribution in [0.15, 0.2) is 52.1 Å². The molecule has 3 aromatic heterocycles. The number of fused-ring (bicyclic) bond motifs is 2. The van der Waals surface area contributed by atoms with Crippen molar-refractivity contribution < 1.29 is 9.15 Å². The molecule has 0 saturated carbocycles. The average molecular weight is 417 g/mol. The molecule has 0 amide bonds. The summed E-state index contributed by atoms with van der Waals surface area (Å²) < 4.78 is 12.9. The first kappa shape index (κ1) is 18.5. The SMILES string of the molecule is Cc1cn2cc(-c3cc4ccc(N5CCN(C6COC6)CC5)cc4oc3=O)nc2cn1. The maximum Gasteiger partial charge on any atom is 0.345 e. The molecule has 1 aromatic carbocycles. The van der Waals surface area contributed by atoms with Crippen LogP contribution in [0.25, 0.3) is 27.9 Å². The Hall–Kier alpha value is -3.23. The van der Waals surface area contributed by atoms with Crippen LogP contribution < -0.4 is 10.5 Å². The minimum absolute atomic E-state index is 0.382. The monoisotopic (exact) mass is 417 g/mol. The molecule has 5 heterocycles. The van der Waals surface area contributed by atoms with Gasteiger partial charge in [0.2, 0.25) is 0 Å². The van der Waals surface area contributed by atoms with E-state index in [0.717, 1.165) is 56.2 Å². The Morgan fingerprint density at radius 1 is 1.06 bits per heavy atom. The lowest BCUT2D eigenvalue weighted by Crippen LogP contribution is -2.56. The van der Waals surface area contributed by atoms with Gasteiger partial charge in [-0.25, -0.2) is 9.78 Å². The smallest absolute Gasteiger partial charge is 0.345 e. The molecule has 0 bridgehead atoms. The predicted octanol–water partition coefficient (Wildman–Crippen LogP) is 2.33. The molecule has 2 aliphatic heterocycles. The van der Waals surface area contributed by atoms with Gasteiger partial charge in [0.25, 0.3) is 0 Å². The lowest BCUT2D eigenvalue weighted by molar-refractivity contribution is -0.0660. The van der Waals surface area contributed by atoms with Crippen LogP contribution in [0, 0.1) is 6.92 Å². The normalized spacial score (nSPS) is 18.0. The van der Waals surface area contributed by atoms with Crippen LogP contribution in [0.3, 0.4) is 0 Å². The molecule has 0 atom stereocenters. The van der Waals surface area contributed by atoms with Crippen LogP contribution in [0.5, 0.6) is 0 Å². The Morgan fingerprint density at radius 3 is 2.68 bits per heavy atom. The van der Waals surface area contributed by atoms with Gasteiger partial charge in [-0.05, 0) is 25.1 Å². The number of piperazine rings is 1. The first-order chi connectivity index (χ1) is 15.1. The summed E-state index contributed by atoms with van der Waals surface area (Å²) in [6.07, 6.45) is 5.42. The molecule has 2 aliphatic rings. The minimum Gasteiger partial charge on any atom is -0.422 e. The van der Waals surface area contributed by atoms with Crippen molar-refractivity contribution in [1.82, 2.24) is 19.3 Å². The van der Waals surface area contributed by atoms with Gasteiger partial charge >= 0.3 is 5.63 Å². The molecule has 0 spiro atoms. The predicted molar refractivity (Wildman–Crippen MR) is 118 cm³/mol. The standard InChI is InChI=1S/C23H23N5O3/c1-15-11-28-12-20(25-22(28)10-24-15)19-8-16-2-3-17(9-21(16)31-23(19)29)26-4-6-27(7-5-26)18-13-30-14-18/h2-3,8-12,18H,4-7,13-14H2,1H3. The fourth-order valence-electron chi connectivity index (χ4n) is 4.39. The van der Waals surface area contributed by atoms with Crippen LogP contribution in [0.4, 0.5) is 5.69 Å². The van der Waals surface area contributed by atoms with Crippen molar-refractivity contribution in [3.05, 3.63) is 59.0 Å². The number of hydrogen-bond acceptors (Lipinski definition) is 7. The summed E-state index contributed by atoms with van der Waals surface area (Å²) in [5, 5.41) is 0.884. The number of benzene rings is 1. The summed E-state index contributed by atoms with van der Waals surface area (Å²) in [6, 6.07) is 8.53. The molecule has 2 saturated heterocycles. The maximum atomic E-state index is 12.8. The summed E-state index contributed by atoms with van der Waals surface area (Å²) in [6.45, 7) is 7.59. The highest BCUT2D eigenvalue weighted by molar-refractivity contribution is 5.84. The van der Waals surface area contributed by atoms with E-state index in [2.05, 4.69) is 25.8 Å². The molecule has 8 nitrogen and oxygen atoms in total. The molecule has 0 radical (unpaired) electrons. The number of anilines is 1. The average Bonchev–Trinajstić information content (AvgIpc) is 3.15. The fourth-order valence-corrected chi connectivity index (χ4v) is 4.39. The quantitative estimate of drug-likeness (QED) is 0.474. The molecule has 2 fully saturated rings. The molecule has 6 rings (SSSR count). The molecule has 4 aromatic rings. The fraction of sp³-hybridized carbons (Fsp3) is 0.348. The van der Waals surface area contributed by atoms with Gasteiger partial charge in [0.15, 0.2) is 5.65 Å². The van der Waals surface area contributed by atoms with E-state index in [-0.39, 0.29) is 5.63 Å². The van der Waals surface area contributed by atoms with E-state index in [4.69, 9.17) is 9.15 Å². The van der Waals surface area contributed by atoms with Gasteiger partial charge in [0.1, 0.15) is 5.58 Å². The van der Waals surface area contributed by atoms with Crippen LogP contribution in [0.2, 0.25) is 0 Å². The van der Waals surface area contributed by atoms with Crippen molar-refractivity contribution in [2.45, 2.75) is 13.0 Å². The lowest BCUT2D eigenvalue weighted by atomic mass is 10.1. The van der Waals surface area contributed by atoms with E-state index >= 15 is 0 Å². The Bertz CT molecular complexity index is 1330. The zero-order valence-electron chi connectivity index (χ0n) is 17.3. The Morgan fingerprint density at radius 2 is 1.90 bits per heavy atom. The Balaban J connectivity index is 1.29. The molecule has 0 unspecified atom stereocenters. The van der Waals surface area contributed by atoms with Gasteiger partial charge in [-0.1, -0.05) is 0 Å². The maximum absolute atomic E-state index is 12.8. The van der Waals surface area contributed by atoms with Gasteiger partial charge < -0.3 is 18.5 Å². The second kappa shape index (κ2) is 7.18. The number of aromatic nitrogens is 3.